The van der Waals surface area contributed by atoms with E-state index in [9.17, 15) is 10.1 Å². The predicted octanol–water partition coefficient (Wildman–Crippen LogP) is 5.23. The summed E-state index contributed by atoms with van der Waals surface area (Å²) in [5.74, 6) is -0.0933. The molecular weight excluding hydrogens is 403 g/mol. The number of anilines is 4. The van der Waals surface area contributed by atoms with E-state index in [2.05, 4.69) is 25.6 Å². The van der Waals surface area contributed by atoms with Gasteiger partial charge in [0.05, 0.1) is 21.3 Å². The van der Waals surface area contributed by atoms with Crippen molar-refractivity contribution in [1.29, 1.82) is 0 Å². The standard InChI is InChI=1S/C15H9Cl3N6O2/c16-8-3-4-10(9(17)6-8)22-14-12(24(25)26)15(21-7-20-14)23-11-2-1-5-19-13(11)18/h1-7H,(H2,20,21,22,23). The molecule has 0 saturated heterocycles. The second-order valence-electron chi connectivity index (χ2n) is 4.89. The maximum absolute atomic E-state index is 11.6. The topological polar surface area (TPSA) is 106 Å². The Hall–Kier alpha value is -2.68. The van der Waals surface area contributed by atoms with Crippen LogP contribution >= 0.6 is 34.8 Å². The summed E-state index contributed by atoms with van der Waals surface area (Å²) in [6.45, 7) is 0. The monoisotopic (exact) mass is 410 g/mol. The van der Waals surface area contributed by atoms with E-state index in [0.717, 1.165) is 0 Å². The zero-order valence-electron chi connectivity index (χ0n) is 12.8. The van der Waals surface area contributed by atoms with Crippen molar-refractivity contribution in [3.8, 4) is 0 Å². The highest BCUT2D eigenvalue weighted by Crippen LogP contribution is 2.36. The SMILES string of the molecule is O=[N+]([O-])c1c(Nc2ccc(Cl)cc2Cl)ncnc1Nc1cccnc1Cl. The van der Waals surface area contributed by atoms with E-state index in [1.54, 1.807) is 24.3 Å². The molecule has 132 valence electrons. The van der Waals surface area contributed by atoms with E-state index in [-0.39, 0.29) is 27.5 Å². The van der Waals surface area contributed by atoms with Crippen molar-refractivity contribution < 1.29 is 4.92 Å². The Morgan fingerprint density at radius 1 is 0.962 bits per heavy atom. The molecule has 0 fully saturated rings. The summed E-state index contributed by atoms with van der Waals surface area (Å²) in [4.78, 5) is 22.8. The van der Waals surface area contributed by atoms with Crippen molar-refractivity contribution in [3.05, 3.63) is 68.2 Å². The number of benzene rings is 1. The van der Waals surface area contributed by atoms with Crippen LogP contribution in [0.15, 0.2) is 42.9 Å². The Morgan fingerprint density at radius 2 is 1.65 bits per heavy atom. The van der Waals surface area contributed by atoms with Gasteiger partial charge in [-0.05, 0) is 30.3 Å². The molecule has 0 bridgehead atoms. The molecule has 0 saturated carbocycles. The third-order valence-corrected chi connectivity index (χ3v) is 4.05. The maximum atomic E-state index is 11.6. The lowest BCUT2D eigenvalue weighted by molar-refractivity contribution is -0.383. The maximum Gasteiger partial charge on any atom is 0.353 e. The van der Waals surface area contributed by atoms with E-state index in [4.69, 9.17) is 34.8 Å². The molecule has 8 nitrogen and oxygen atoms in total. The van der Waals surface area contributed by atoms with Gasteiger partial charge in [0.2, 0.25) is 11.6 Å². The summed E-state index contributed by atoms with van der Waals surface area (Å²) in [5.41, 5.74) is 0.396. The third kappa shape index (κ3) is 3.93. The van der Waals surface area contributed by atoms with Gasteiger partial charge in [-0.2, -0.15) is 0 Å². The lowest BCUT2D eigenvalue weighted by Gasteiger charge is -2.11. The number of pyridine rings is 1. The first-order valence-corrected chi connectivity index (χ1v) is 8.18. The molecule has 0 unspecified atom stereocenters. The Bertz CT molecular complexity index is 985. The molecule has 11 heteroatoms. The summed E-state index contributed by atoms with van der Waals surface area (Å²) in [5, 5.41) is 18.1. The van der Waals surface area contributed by atoms with Crippen molar-refractivity contribution in [2.45, 2.75) is 0 Å². The third-order valence-electron chi connectivity index (χ3n) is 3.20. The lowest BCUT2D eigenvalue weighted by Crippen LogP contribution is -2.06. The first-order chi connectivity index (χ1) is 12.5. The first kappa shape index (κ1) is 18.1. The molecule has 0 amide bonds. The van der Waals surface area contributed by atoms with Gasteiger partial charge < -0.3 is 10.6 Å². The fraction of sp³-hybridized carbons (Fsp3) is 0. The second kappa shape index (κ2) is 7.69. The van der Waals surface area contributed by atoms with Crippen LogP contribution in [0.1, 0.15) is 0 Å². The average molecular weight is 412 g/mol. The average Bonchev–Trinajstić information content (AvgIpc) is 2.59. The largest absolute Gasteiger partial charge is 0.353 e. The number of nitro groups is 1. The van der Waals surface area contributed by atoms with Crippen LogP contribution in [-0.2, 0) is 0 Å². The van der Waals surface area contributed by atoms with Crippen molar-refractivity contribution in [2.24, 2.45) is 0 Å². The van der Waals surface area contributed by atoms with Gasteiger partial charge in [-0.15, -0.1) is 0 Å². The van der Waals surface area contributed by atoms with Crippen LogP contribution in [0.3, 0.4) is 0 Å². The first-order valence-electron chi connectivity index (χ1n) is 7.04. The van der Waals surface area contributed by atoms with Gasteiger partial charge in [-0.25, -0.2) is 15.0 Å². The van der Waals surface area contributed by atoms with Crippen molar-refractivity contribution >= 4 is 63.5 Å². The summed E-state index contributed by atoms with van der Waals surface area (Å²) >= 11 is 17.9. The molecular formula is C15H9Cl3N6O2. The highest BCUT2D eigenvalue weighted by molar-refractivity contribution is 6.36. The van der Waals surface area contributed by atoms with E-state index in [1.807, 2.05) is 0 Å². The van der Waals surface area contributed by atoms with Crippen LogP contribution in [0.2, 0.25) is 15.2 Å². The molecule has 0 spiro atoms. The number of hydrogen-bond acceptors (Lipinski definition) is 7. The molecule has 0 aliphatic rings. The molecule has 0 radical (unpaired) electrons. The zero-order chi connectivity index (χ0) is 18.7. The van der Waals surface area contributed by atoms with Gasteiger partial charge in [0.1, 0.15) is 6.33 Å². The predicted molar refractivity (Wildman–Crippen MR) is 101 cm³/mol. The van der Waals surface area contributed by atoms with E-state index < -0.39 is 4.92 Å². The minimum atomic E-state index is -0.612. The highest BCUT2D eigenvalue weighted by atomic mass is 35.5. The van der Waals surface area contributed by atoms with Gasteiger partial charge in [0.15, 0.2) is 5.15 Å². The summed E-state index contributed by atoms with van der Waals surface area (Å²) in [7, 11) is 0. The summed E-state index contributed by atoms with van der Waals surface area (Å²) < 4.78 is 0. The molecule has 0 atom stereocenters. The van der Waals surface area contributed by atoms with Crippen molar-refractivity contribution in [2.75, 3.05) is 10.6 Å². The Balaban J connectivity index is 2.01. The smallest absolute Gasteiger partial charge is 0.333 e. The summed E-state index contributed by atoms with van der Waals surface area (Å²) in [6.07, 6.45) is 2.67. The van der Waals surface area contributed by atoms with Gasteiger partial charge in [-0.1, -0.05) is 34.8 Å². The molecule has 2 aromatic heterocycles. The molecule has 3 rings (SSSR count). The van der Waals surface area contributed by atoms with Crippen LogP contribution in [0.5, 0.6) is 0 Å². The van der Waals surface area contributed by atoms with Gasteiger partial charge in [0.25, 0.3) is 0 Å². The molecule has 0 aliphatic heterocycles. The van der Waals surface area contributed by atoms with Crippen molar-refractivity contribution in [3.63, 3.8) is 0 Å². The van der Waals surface area contributed by atoms with E-state index >= 15 is 0 Å². The van der Waals surface area contributed by atoms with Crippen LogP contribution in [0, 0.1) is 10.1 Å². The fourth-order valence-electron chi connectivity index (χ4n) is 2.06. The highest BCUT2D eigenvalue weighted by Gasteiger charge is 2.24. The lowest BCUT2D eigenvalue weighted by atomic mass is 10.3. The number of rotatable bonds is 5. The minimum absolute atomic E-state index is 0.0447. The van der Waals surface area contributed by atoms with Crippen LogP contribution in [0.4, 0.5) is 28.7 Å². The normalized spacial score (nSPS) is 10.4. The van der Waals surface area contributed by atoms with E-state index in [1.165, 1.54) is 18.6 Å². The zero-order valence-corrected chi connectivity index (χ0v) is 15.0. The second-order valence-corrected chi connectivity index (χ2v) is 6.09. The van der Waals surface area contributed by atoms with E-state index in [0.29, 0.717) is 16.4 Å². The molecule has 3 aromatic rings. The molecule has 1 aromatic carbocycles. The van der Waals surface area contributed by atoms with Crippen molar-refractivity contribution in [1.82, 2.24) is 15.0 Å². The van der Waals surface area contributed by atoms with Crippen LogP contribution in [-0.4, -0.2) is 19.9 Å². The Kier molecular flexibility index (Phi) is 5.36. The van der Waals surface area contributed by atoms with Crippen LogP contribution < -0.4 is 10.6 Å². The Labute approximate surface area is 162 Å². The molecule has 2 N–H and O–H groups in total. The number of halogens is 3. The number of aromatic nitrogens is 3. The van der Waals surface area contributed by atoms with Gasteiger partial charge in [0, 0.05) is 11.2 Å². The molecule has 26 heavy (non-hydrogen) atoms. The van der Waals surface area contributed by atoms with Gasteiger partial charge in [-0.3, -0.25) is 10.1 Å². The molecule has 0 aliphatic carbocycles. The molecule has 2 heterocycles. The Morgan fingerprint density at radius 3 is 2.27 bits per heavy atom. The fourth-order valence-corrected chi connectivity index (χ4v) is 2.68. The number of hydrogen-bond donors (Lipinski definition) is 2. The number of nitrogens with zero attached hydrogens (tertiary/aromatic N) is 4. The number of nitrogens with one attached hydrogen (secondary N) is 2. The van der Waals surface area contributed by atoms with Gasteiger partial charge >= 0.3 is 5.69 Å². The quantitative estimate of drug-likeness (QED) is 0.336. The minimum Gasteiger partial charge on any atom is -0.333 e. The summed E-state index contributed by atoms with van der Waals surface area (Å²) in [6, 6.07) is 7.93. The van der Waals surface area contributed by atoms with Crippen LogP contribution in [0.25, 0.3) is 0 Å².